The Hall–Kier alpha value is -3.70. The van der Waals surface area contributed by atoms with Crippen molar-refractivity contribution in [1.29, 1.82) is 0 Å². The number of amides is 5. The van der Waals surface area contributed by atoms with Gasteiger partial charge >= 0.3 is 6.03 Å². The molecular formula is C39H52BrClN4O6. The number of hydrogen-bond donors (Lipinski definition) is 3. The van der Waals surface area contributed by atoms with E-state index in [2.05, 4.69) is 85.6 Å². The van der Waals surface area contributed by atoms with Gasteiger partial charge in [0.05, 0.1) is 10.7 Å². The number of carbonyl (C=O) groups excluding carboxylic acids is 5. The van der Waals surface area contributed by atoms with Gasteiger partial charge in [-0.1, -0.05) is 116 Å². The minimum Gasteiger partial charge on any atom is -0.480 e. The Morgan fingerprint density at radius 2 is 1.51 bits per heavy atom. The molecule has 2 aromatic rings. The topological polar surface area (TPSA) is 134 Å². The van der Waals surface area contributed by atoms with Crippen LogP contribution in [-0.2, 0) is 30.0 Å². The first-order chi connectivity index (χ1) is 23.6. The lowest BCUT2D eigenvalue weighted by Gasteiger charge is -2.31. The van der Waals surface area contributed by atoms with Crippen molar-refractivity contribution in [2.24, 2.45) is 5.41 Å². The van der Waals surface area contributed by atoms with Gasteiger partial charge in [0.2, 0.25) is 0 Å². The molecule has 0 radical (unpaired) electrons. The zero-order valence-corrected chi connectivity index (χ0v) is 33.9. The van der Waals surface area contributed by atoms with Crippen LogP contribution in [-0.4, -0.2) is 46.6 Å². The van der Waals surface area contributed by atoms with Crippen LogP contribution in [0.3, 0.4) is 0 Å². The summed E-state index contributed by atoms with van der Waals surface area (Å²) in [5.74, 6) is -2.16. The lowest BCUT2D eigenvalue weighted by atomic mass is 9.76. The zero-order valence-electron chi connectivity index (χ0n) is 31.6. The van der Waals surface area contributed by atoms with E-state index in [1.807, 2.05) is 13.0 Å². The second kappa shape index (κ2) is 16.3. The number of allylic oxidation sites excluding steroid dienone is 1. The third-order valence-corrected chi connectivity index (χ3v) is 10.9. The summed E-state index contributed by atoms with van der Waals surface area (Å²) in [6.45, 7) is 21.4. The van der Waals surface area contributed by atoms with Gasteiger partial charge in [-0.25, -0.2) is 9.69 Å². The van der Waals surface area contributed by atoms with Crippen LogP contribution >= 0.6 is 27.5 Å². The number of halogens is 2. The van der Waals surface area contributed by atoms with Crippen LogP contribution in [0.1, 0.15) is 113 Å². The number of anilines is 2. The normalized spacial score (nSPS) is 16.0. The maximum Gasteiger partial charge on any atom is 0.330 e. The van der Waals surface area contributed by atoms with E-state index in [0.29, 0.717) is 33.7 Å². The van der Waals surface area contributed by atoms with Crippen LogP contribution in [0.25, 0.3) is 0 Å². The van der Waals surface area contributed by atoms with Crippen molar-refractivity contribution in [3.63, 3.8) is 0 Å². The van der Waals surface area contributed by atoms with E-state index >= 15 is 0 Å². The van der Waals surface area contributed by atoms with Crippen molar-refractivity contribution in [3.8, 4) is 5.75 Å². The Balaban J connectivity index is 1.91. The lowest BCUT2D eigenvalue weighted by Crippen LogP contribution is -2.55. The highest BCUT2D eigenvalue weighted by Crippen LogP contribution is 2.39. The van der Waals surface area contributed by atoms with Crippen LogP contribution in [0.5, 0.6) is 5.75 Å². The molecule has 0 bridgehead atoms. The Bertz CT molecular complexity index is 1730. The van der Waals surface area contributed by atoms with Crippen molar-refractivity contribution < 1.29 is 28.7 Å². The minimum absolute atomic E-state index is 0.0248. The van der Waals surface area contributed by atoms with Crippen LogP contribution in [0.2, 0.25) is 5.02 Å². The first-order valence-corrected chi connectivity index (χ1v) is 18.6. The summed E-state index contributed by atoms with van der Waals surface area (Å²) in [5, 5.41) is 8.05. The molecule has 0 saturated carbocycles. The fourth-order valence-corrected chi connectivity index (χ4v) is 5.80. The number of benzene rings is 2. The quantitative estimate of drug-likeness (QED) is 0.0995. The van der Waals surface area contributed by atoms with E-state index in [9.17, 15) is 24.0 Å². The molecule has 12 heteroatoms. The molecular weight excluding hydrogens is 736 g/mol. The number of Topliss-reactive ketones (excluding diaryl/α,β-unsaturated/α-hetero) is 1. The number of nitrogens with one attached hydrogen (secondary N) is 3. The minimum atomic E-state index is -1.80. The van der Waals surface area contributed by atoms with E-state index in [1.54, 1.807) is 33.8 Å². The highest BCUT2D eigenvalue weighted by Gasteiger charge is 2.49. The van der Waals surface area contributed by atoms with Gasteiger partial charge in [-0.3, -0.25) is 19.2 Å². The molecule has 10 nitrogen and oxygen atoms in total. The molecule has 1 aliphatic rings. The average Bonchev–Trinajstić information content (AvgIpc) is 3.36. The van der Waals surface area contributed by atoms with Crippen LogP contribution < -0.4 is 20.7 Å². The third-order valence-electron chi connectivity index (χ3n) is 9.64. The third kappa shape index (κ3) is 9.40. The second-order valence-electron chi connectivity index (χ2n) is 15.1. The predicted molar refractivity (Wildman–Crippen MR) is 206 cm³/mol. The predicted octanol–water partition coefficient (Wildman–Crippen LogP) is 9.00. The van der Waals surface area contributed by atoms with Crippen LogP contribution in [0, 0.1) is 5.41 Å². The van der Waals surface area contributed by atoms with Gasteiger partial charge in [0.25, 0.3) is 17.7 Å². The number of nitrogens with zero attached hydrogens (tertiary/aromatic N) is 1. The van der Waals surface area contributed by atoms with Crippen molar-refractivity contribution in [1.82, 2.24) is 10.2 Å². The number of carbonyl (C=O) groups is 5. The molecule has 5 amide bonds. The van der Waals surface area contributed by atoms with Crippen molar-refractivity contribution in [2.75, 3.05) is 10.6 Å². The molecule has 0 aliphatic carbocycles. The van der Waals surface area contributed by atoms with Crippen molar-refractivity contribution in [2.45, 2.75) is 125 Å². The van der Waals surface area contributed by atoms with Crippen molar-refractivity contribution in [3.05, 3.63) is 62.7 Å². The molecule has 0 aromatic heterocycles. The lowest BCUT2D eigenvalue weighted by molar-refractivity contribution is -0.142. The van der Waals surface area contributed by atoms with Crippen molar-refractivity contribution >= 4 is 68.4 Å². The van der Waals surface area contributed by atoms with Gasteiger partial charge < -0.3 is 20.7 Å². The number of ether oxygens (including phenoxy) is 1. The van der Waals surface area contributed by atoms with Crippen LogP contribution in [0.4, 0.5) is 16.2 Å². The van der Waals surface area contributed by atoms with Gasteiger partial charge in [0, 0.05) is 21.1 Å². The highest BCUT2D eigenvalue weighted by atomic mass is 79.9. The maximum absolute atomic E-state index is 13.8. The summed E-state index contributed by atoms with van der Waals surface area (Å²) >= 11 is 9.75. The van der Waals surface area contributed by atoms with Gasteiger partial charge in [0.15, 0.2) is 17.9 Å². The molecule has 3 rings (SSSR count). The number of ketones is 1. The van der Waals surface area contributed by atoms with Gasteiger partial charge in [-0.15, -0.1) is 0 Å². The van der Waals surface area contributed by atoms with E-state index in [1.165, 1.54) is 17.7 Å². The molecule has 2 aromatic carbocycles. The summed E-state index contributed by atoms with van der Waals surface area (Å²) in [6.07, 6.45) is 1.78. The van der Waals surface area contributed by atoms with Gasteiger partial charge in [-0.2, -0.15) is 0 Å². The molecule has 278 valence electrons. The first-order valence-electron chi connectivity index (χ1n) is 17.4. The Labute approximate surface area is 315 Å². The molecule has 1 saturated heterocycles. The molecule has 3 N–H and O–H groups in total. The molecule has 1 heterocycles. The van der Waals surface area contributed by atoms with Gasteiger partial charge in [-0.05, 0) is 66.3 Å². The standard InChI is InChI=1S/C39H52BrClN4O6/c1-12-25(40)30-35(49)45(36(50)44-30)31(32(46)37(5,6)7)34(48)43-27-21-23(17-18-26(27)41)42-33(47)28(13-2)51-29-19-16-22(38(8,9)14-3)20-24(29)39(10,11)15-4/h16-21,28,31H,12-15H2,1-11H3,(H,42,47)(H,43,48)(H,44,50). The molecule has 51 heavy (non-hydrogen) atoms. The van der Waals surface area contributed by atoms with Crippen LogP contribution in [0.15, 0.2) is 46.6 Å². The number of urea groups is 1. The zero-order chi connectivity index (χ0) is 38.6. The fraction of sp³-hybridized carbons (Fsp3) is 0.513. The fourth-order valence-electron chi connectivity index (χ4n) is 5.37. The SMILES string of the molecule is CCC(Br)=C1NC(=O)N(C(C(=O)Nc2cc(NC(=O)C(CC)Oc3ccc(C(C)(C)CC)cc3C(C)(C)CC)ccc2Cl)C(=O)C(C)(C)C)C1=O. The Morgan fingerprint density at radius 1 is 0.882 bits per heavy atom. The Morgan fingerprint density at radius 3 is 2.06 bits per heavy atom. The molecule has 0 spiro atoms. The summed E-state index contributed by atoms with van der Waals surface area (Å²) < 4.78 is 6.83. The number of hydrogen-bond acceptors (Lipinski definition) is 6. The summed E-state index contributed by atoms with van der Waals surface area (Å²) in [5.41, 5.74) is 1.25. The maximum atomic E-state index is 13.8. The van der Waals surface area contributed by atoms with E-state index in [-0.39, 0.29) is 27.2 Å². The highest BCUT2D eigenvalue weighted by molar-refractivity contribution is 9.11. The van der Waals surface area contributed by atoms with E-state index < -0.39 is 47.1 Å². The first kappa shape index (κ1) is 41.7. The second-order valence-corrected chi connectivity index (χ2v) is 16.5. The summed E-state index contributed by atoms with van der Waals surface area (Å²) in [6, 6.07) is 8.01. The molecule has 1 aliphatic heterocycles. The Kier molecular flexibility index (Phi) is 13.4. The smallest absolute Gasteiger partial charge is 0.330 e. The molecule has 1 fully saturated rings. The monoisotopic (exact) mass is 786 g/mol. The number of rotatable bonds is 14. The summed E-state index contributed by atoms with van der Waals surface area (Å²) in [7, 11) is 0. The average molecular weight is 788 g/mol. The molecule has 2 unspecified atom stereocenters. The van der Waals surface area contributed by atoms with E-state index in [0.717, 1.165) is 18.4 Å². The largest absolute Gasteiger partial charge is 0.480 e. The molecule has 2 atom stereocenters. The number of imide groups is 1. The van der Waals surface area contributed by atoms with E-state index in [4.69, 9.17) is 16.3 Å². The van der Waals surface area contributed by atoms with Gasteiger partial charge in [0.1, 0.15) is 11.4 Å². The summed E-state index contributed by atoms with van der Waals surface area (Å²) in [4.78, 5) is 68.0.